The molecule has 21 heavy (non-hydrogen) atoms. The molecule has 0 heterocycles. The summed E-state index contributed by atoms with van der Waals surface area (Å²) < 4.78 is 0. The van der Waals surface area contributed by atoms with E-state index in [-0.39, 0.29) is 11.7 Å². The smallest absolute Gasteiger partial charge is 0.224 e. The number of phenols is 1. The number of nitrogens with one attached hydrogen (secondary N) is 1. The molecule has 3 nitrogen and oxygen atoms in total. The van der Waals surface area contributed by atoms with Crippen LogP contribution in [0.4, 0.5) is 0 Å². The zero-order chi connectivity index (χ0) is 15.1. The van der Waals surface area contributed by atoms with Crippen molar-refractivity contribution in [3.63, 3.8) is 0 Å². The molecule has 0 fully saturated rings. The lowest BCUT2D eigenvalue weighted by atomic mass is 9.98. The van der Waals surface area contributed by atoms with E-state index in [4.69, 9.17) is 0 Å². The minimum absolute atomic E-state index is 0.0148. The summed E-state index contributed by atoms with van der Waals surface area (Å²) in [5.74, 6) is 0.664. The maximum Gasteiger partial charge on any atom is 0.224 e. The fourth-order valence-electron chi connectivity index (χ4n) is 2.24. The number of benzene rings is 2. The van der Waals surface area contributed by atoms with Crippen LogP contribution in [0.3, 0.4) is 0 Å². The maximum absolute atomic E-state index is 11.8. The van der Waals surface area contributed by atoms with Crippen LogP contribution < -0.4 is 5.32 Å². The summed E-state index contributed by atoms with van der Waals surface area (Å²) in [5.41, 5.74) is 2.20. The van der Waals surface area contributed by atoms with Gasteiger partial charge in [-0.05, 0) is 35.6 Å². The van der Waals surface area contributed by atoms with Crippen molar-refractivity contribution < 1.29 is 9.90 Å². The van der Waals surface area contributed by atoms with Gasteiger partial charge in [-0.25, -0.2) is 0 Å². The number of carbonyl (C=O) groups is 1. The summed E-state index contributed by atoms with van der Waals surface area (Å²) in [6.45, 7) is 2.84. The Morgan fingerprint density at radius 1 is 1.10 bits per heavy atom. The van der Waals surface area contributed by atoms with E-state index in [1.165, 1.54) is 5.56 Å². The van der Waals surface area contributed by atoms with Crippen LogP contribution in [-0.2, 0) is 11.2 Å². The molecule has 1 atom stereocenters. The third-order valence-electron chi connectivity index (χ3n) is 3.57. The van der Waals surface area contributed by atoms with E-state index < -0.39 is 0 Å². The Balaban J connectivity index is 1.73. The van der Waals surface area contributed by atoms with Gasteiger partial charge in [0, 0.05) is 6.54 Å². The SMILES string of the molecule is CC(CCNC(=O)Cc1ccc(O)cc1)c1ccccc1. The van der Waals surface area contributed by atoms with Crippen LogP contribution in [0, 0.1) is 0 Å². The Labute approximate surface area is 125 Å². The summed E-state index contributed by atoms with van der Waals surface area (Å²) in [5, 5.41) is 12.1. The lowest BCUT2D eigenvalue weighted by Crippen LogP contribution is -2.26. The van der Waals surface area contributed by atoms with Gasteiger partial charge in [0.15, 0.2) is 0 Å². The number of rotatable bonds is 6. The molecule has 0 aromatic heterocycles. The molecule has 0 spiro atoms. The number of phenolic OH excluding ortho intramolecular Hbond substituents is 1. The molecule has 0 saturated heterocycles. The summed E-state index contributed by atoms with van der Waals surface area (Å²) in [4.78, 5) is 11.8. The minimum atomic E-state index is 0.0148. The third-order valence-corrected chi connectivity index (χ3v) is 3.57. The van der Waals surface area contributed by atoms with Crippen LogP contribution in [-0.4, -0.2) is 17.6 Å². The van der Waals surface area contributed by atoms with Gasteiger partial charge in [-0.2, -0.15) is 0 Å². The molecule has 0 aliphatic carbocycles. The summed E-state index contributed by atoms with van der Waals surface area (Å²) in [6, 6.07) is 17.0. The lowest BCUT2D eigenvalue weighted by Gasteiger charge is -2.12. The van der Waals surface area contributed by atoms with Crippen LogP contribution in [0.25, 0.3) is 0 Å². The maximum atomic E-state index is 11.8. The van der Waals surface area contributed by atoms with E-state index >= 15 is 0 Å². The van der Waals surface area contributed by atoms with E-state index in [0.717, 1.165) is 12.0 Å². The number of hydrogen-bond acceptors (Lipinski definition) is 2. The molecule has 0 bridgehead atoms. The molecule has 2 N–H and O–H groups in total. The summed E-state index contributed by atoms with van der Waals surface area (Å²) in [6.07, 6.45) is 1.27. The Morgan fingerprint density at radius 3 is 2.43 bits per heavy atom. The first kappa shape index (κ1) is 15.1. The highest BCUT2D eigenvalue weighted by molar-refractivity contribution is 5.78. The normalized spacial score (nSPS) is 11.9. The molecule has 2 aromatic carbocycles. The highest BCUT2D eigenvalue weighted by atomic mass is 16.3. The van der Waals surface area contributed by atoms with Gasteiger partial charge in [0.2, 0.25) is 5.91 Å². The molecule has 0 saturated carbocycles. The Hall–Kier alpha value is -2.29. The van der Waals surface area contributed by atoms with Crippen molar-refractivity contribution in [3.05, 3.63) is 65.7 Å². The van der Waals surface area contributed by atoms with E-state index in [0.29, 0.717) is 18.9 Å². The van der Waals surface area contributed by atoms with E-state index in [2.05, 4.69) is 24.4 Å². The van der Waals surface area contributed by atoms with Crippen LogP contribution in [0.1, 0.15) is 30.4 Å². The standard InChI is InChI=1S/C18H21NO2/c1-14(16-5-3-2-4-6-16)11-12-19-18(21)13-15-7-9-17(20)10-8-15/h2-10,14,20H,11-13H2,1H3,(H,19,21). The van der Waals surface area contributed by atoms with Gasteiger partial charge in [-0.15, -0.1) is 0 Å². The average Bonchev–Trinajstić information content (AvgIpc) is 2.50. The first-order chi connectivity index (χ1) is 10.1. The minimum Gasteiger partial charge on any atom is -0.508 e. The second-order valence-corrected chi connectivity index (χ2v) is 5.29. The Bertz CT molecular complexity index is 564. The second-order valence-electron chi connectivity index (χ2n) is 5.29. The highest BCUT2D eigenvalue weighted by Crippen LogP contribution is 2.17. The molecular formula is C18H21NO2. The zero-order valence-corrected chi connectivity index (χ0v) is 12.3. The Morgan fingerprint density at radius 2 is 1.76 bits per heavy atom. The first-order valence-corrected chi connectivity index (χ1v) is 7.24. The van der Waals surface area contributed by atoms with Gasteiger partial charge in [0.1, 0.15) is 5.75 Å². The van der Waals surface area contributed by atoms with Crippen molar-refractivity contribution in [2.75, 3.05) is 6.54 Å². The third kappa shape index (κ3) is 4.95. The van der Waals surface area contributed by atoms with Crippen LogP contribution in [0.2, 0.25) is 0 Å². The predicted octanol–water partition coefficient (Wildman–Crippen LogP) is 3.24. The predicted molar refractivity (Wildman–Crippen MR) is 84.3 cm³/mol. The van der Waals surface area contributed by atoms with Crippen molar-refractivity contribution in [3.8, 4) is 5.75 Å². The molecule has 3 heteroatoms. The molecule has 0 aliphatic heterocycles. The fourth-order valence-corrected chi connectivity index (χ4v) is 2.24. The van der Waals surface area contributed by atoms with Gasteiger partial charge in [0.25, 0.3) is 0 Å². The van der Waals surface area contributed by atoms with Crippen molar-refractivity contribution in [2.24, 2.45) is 0 Å². The van der Waals surface area contributed by atoms with E-state index in [1.807, 2.05) is 18.2 Å². The lowest BCUT2D eigenvalue weighted by molar-refractivity contribution is -0.120. The van der Waals surface area contributed by atoms with E-state index in [9.17, 15) is 9.90 Å². The number of amides is 1. The molecular weight excluding hydrogens is 262 g/mol. The quantitative estimate of drug-likeness (QED) is 0.855. The zero-order valence-electron chi connectivity index (χ0n) is 12.3. The Kier molecular flexibility index (Phi) is 5.38. The van der Waals surface area contributed by atoms with E-state index in [1.54, 1.807) is 24.3 Å². The molecule has 110 valence electrons. The first-order valence-electron chi connectivity index (χ1n) is 7.24. The highest BCUT2D eigenvalue weighted by Gasteiger charge is 2.07. The second kappa shape index (κ2) is 7.48. The van der Waals surface area contributed by atoms with Crippen molar-refractivity contribution >= 4 is 5.91 Å². The van der Waals surface area contributed by atoms with Crippen molar-refractivity contribution in [1.82, 2.24) is 5.32 Å². The molecule has 1 amide bonds. The van der Waals surface area contributed by atoms with Crippen molar-refractivity contribution in [1.29, 1.82) is 0 Å². The number of hydrogen-bond donors (Lipinski definition) is 2. The van der Waals surface area contributed by atoms with Gasteiger partial charge in [0.05, 0.1) is 6.42 Å². The van der Waals surface area contributed by atoms with Gasteiger partial charge < -0.3 is 10.4 Å². The molecule has 0 radical (unpaired) electrons. The van der Waals surface area contributed by atoms with Gasteiger partial charge >= 0.3 is 0 Å². The van der Waals surface area contributed by atoms with Gasteiger partial charge in [-0.1, -0.05) is 49.4 Å². The van der Waals surface area contributed by atoms with Crippen LogP contribution >= 0.6 is 0 Å². The van der Waals surface area contributed by atoms with Crippen LogP contribution in [0.15, 0.2) is 54.6 Å². The topological polar surface area (TPSA) is 49.3 Å². The molecule has 1 unspecified atom stereocenters. The summed E-state index contributed by atoms with van der Waals surface area (Å²) in [7, 11) is 0. The number of aromatic hydroxyl groups is 1. The molecule has 0 aliphatic rings. The average molecular weight is 283 g/mol. The monoisotopic (exact) mass is 283 g/mol. The van der Waals surface area contributed by atoms with Crippen LogP contribution in [0.5, 0.6) is 5.75 Å². The largest absolute Gasteiger partial charge is 0.508 e. The molecule has 2 rings (SSSR count). The van der Waals surface area contributed by atoms with Gasteiger partial charge in [-0.3, -0.25) is 4.79 Å². The molecule has 2 aromatic rings. The van der Waals surface area contributed by atoms with Crippen molar-refractivity contribution in [2.45, 2.75) is 25.7 Å². The summed E-state index contributed by atoms with van der Waals surface area (Å²) >= 11 is 0. The number of carbonyl (C=O) groups excluding carboxylic acids is 1. The fraction of sp³-hybridized carbons (Fsp3) is 0.278.